The summed E-state index contributed by atoms with van der Waals surface area (Å²) in [5.41, 5.74) is 5.53. The summed E-state index contributed by atoms with van der Waals surface area (Å²) < 4.78 is 1.54. The number of aromatic nitrogens is 2. The molecule has 18 heavy (non-hydrogen) atoms. The minimum atomic E-state index is -1.20. The third kappa shape index (κ3) is 1.91. The van der Waals surface area contributed by atoms with Crippen LogP contribution in [-0.2, 0) is 6.42 Å². The number of hydrogen-bond donors (Lipinski definition) is 3. The van der Waals surface area contributed by atoms with Crippen molar-refractivity contribution in [2.24, 2.45) is 5.73 Å². The van der Waals surface area contributed by atoms with Crippen molar-refractivity contribution in [1.29, 1.82) is 0 Å². The fourth-order valence-electron chi connectivity index (χ4n) is 1.74. The highest BCUT2D eigenvalue weighted by molar-refractivity contribution is 5.96. The zero-order valence-electron chi connectivity index (χ0n) is 9.33. The second-order valence-corrected chi connectivity index (χ2v) is 3.70. The van der Waals surface area contributed by atoms with Crippen molar-refractivity contribution < 1.29 is 19.8 Å². The van der Waals surface area contributed by atoms with E-state index in [-0.39, 0.29) is 16.8 Å². The predicted molar refractivity (Wildman–Crippen MR) is 61.9 cm³/mol. The zero-order valence-corrected chi connectivity index (χ0v) is 9.33. The lowest BCUT2D eigenvalue weighted by Gasteiger charge is -2.00. The average Bonchev–Trinajstić information content (AvgIpc) is 2.68. The fourth-order valence-corrected chi connectivity index (χ4v) is 1.74. The first-order valence-corrected chi connectivity index (χ1v) is 5.22. The Kier molecular flexibility index (Phi) is 2.99. The quantitative estimate of drug-likeness (QED) is 0.713. The Balaban J connectivity index is 2.71. The maximum atomic E-state index is 11.1. The van der Waals surface area contributed by atoms with Gasteiger partial charge in [-0.2, -0.15) is 0 Å². The molecule has 0 saturated carbocycles. The van der Waals surface area contributed by atoms with Crippen LogP contribution < -0.4 is 5.73 Å². The van der Waals surface area contributed by atoms with Crippen LogP contribution in [-0.4, -0.2) is 38.1 Å². The Morgan fingerprint density at radius 2 is 2.06 bits per heavy atom. The summed E-state index contributed by atoms with van der Waals surface area (Å²) in [5.74, 6) is -1.81. The van der Waals surface area contributed by atoms with E-state index in [1.807, 2.05) is 0 Å². The summed E-state index contributed by atoms with van der Waals surface area (Å²) in [6, 6.07) is 2.68. The van der Waals surface area contributed by atoms with Gasteiger partial charge < -0.3 is 20.3 Å². The lowest BCUT2D eigenvalue weighted by Crippen LogP contribution is -2.06. The van der Waals surface area contributed by atoms with E-state index in [2.05, 4.69) is 4.98 Å². The van der Waals surface area contributed by atoms with Crippen LogP contribution in [0, 0.1) is 0 Å². The summed E-state index contributed by atoms with van der Waals surface area (Å²) in [7, 11) is 0. The van der Waals surface area contributed by atoms with Gasteiger partial charge in [0.2, 0.25) is 0 Å². The number of nitrogens with two attached hydrogens (primary N) is 1. The highest BCUT2D eigenvalue weighted by atomic mass is 16.4. The second kappa shape index (κ2) is 4.46. The fraction of sp³-hybridized carbons (Fsp3) is 0.182. The molecule has 0 unspecified atom stereocenters. The number of fused-ring (bicyclic) bond motifs is 1. The summed E-state index contributed by atoms with van der Waals surface area (Å²) in [6.45, 7) is 0.332. The van der Waals surface area contributed by atoms with E-state index < -0.39 is 11.9 Å². The molecule has 2 rings (SSSR count). The number of aromatic carboxylic acids is 2. The van der Waals surface area contributed by atoms with Crippen LogP contribution in [0.1, 0.15) is 26.7 Å². The van der Waals surface area contributed by atoms with Crippen LogP contribution in [0.15, 0.2) is 18.3 Å². The van der Waals surface area contributed by atoms with Crippen molar-refractivity contribution in [3.63, 3.8) is 0 Å². The Morgan fingerprint density at radius 3 is 2.61 bits per heavy atom. The van der Waals surface area contributed by atoms with Crippen LogP contribution in [0.2, 0.25) is 0 Å². The molecule has 94 valence electrons. The summed E-state index contributed by atoms with van der Waals surface area (Å²) >= 11 is 0. The smallest absolute Gasteiger partial charge is 0.356 e. The second-order valence-electron chi connectivity index (χ2n) is 3.70. The Morgan fingerprint density at radius 1 is 1.33 bits per heavy atom. The Bertz CT molecular complexity index is 632. The molecule has 7 heteroatoms. The molecule has 0 aliphatic rings. The molecule has 7 nitrogen and oxygen atoms in total. The van der Waals surface area contributed by atoms with Gasteiger partial charge in [-0.3, -0.25) is 0 Å². The van der Waals surface area contributed by atoms with Gasteiger partial charge in [0.05, 0.1) is 11.1 Å². The van der Waals surface area contributed by atoms with Crippen molar-refractivity contribution in [1.82, 2.24) is 9.38 Å². The van der Waals surface area contributed by atoms with Gasteiger partial charge in [0.25, 0.3) is 0 Å². The minimum Gasteiger partial charge on any atom is -0.478 e. The number of imidazole rings is 1. The highest BCUT2D eigenvalue weighted by Gasteiger charge is 2.17. The van der Waals surface area contributed by atoms with Crippen molar-refractivity contribution in [3.05, 3.63) is 35.4 Å². The first-order valence-electron chi connectivity index (χ1n) is 5.22. The van der Waals surface area contributed by atoms with Crippen molar-refractivity contribution in [2.45, 2.75) is 6.42 Å². The normalized spacial score (nSPS) is 10.7. The molecule has 0 bridgehead atoms. The first-order chi connectivity index (χ1) is 8.54. The van der Waals surface area contributed by atoms with Crippen LogP contribution >= 0.6 is 0 Å². The number of pyridine rings is 1. The zero-order chi connectivity index (χ0) is 13.3. The maximum Gasteiger partial charge on any atom is 0.356 e. The summed E-state index contributed by atoms with van der Waals surface area (Å²) in [5, 5.41) is 17.9. The van der Waals surface area contributed by atoms with Gasteiger partial charge in [-0.15, -0.1) is 0 Å². The summed E-state index contributed by atoms with van der Waals surface area (Å²) in [6.07, 6.45) is 1.91. The van der Waals surface area contributed by atoms with Crippen LogP contribution in [0.4, 0.5) is 0 Å². The molecular weight excluding hydrogens is 238 g/mol. The first kappa shape index (κ1) is 12.1. The molecule has 4 N–H and O–H groups in total. The topological polar surface area (TPSA) is 118 Å². The van der Waals surface area contributed by atoms with Gasteiger partial charge in [-0.05, 0) is 18.7 Å². The molecule has 2 heterocycles. The molecule has 0 saturated heterocycles. The van der Waals surface area contributed by atoms with Crippen molar-refractivity contribution in [2.75, 3.05) is 6.54 Å². The molecule has 0 amide bonds. The van der Waals surface area contributed by atoms with E-state index in [0.717, 1.165) is 0 Å². The monoisotopic (exact) mass is 249 g/mol. The van der Waals surface area contributed by atoms with Crippen molar-refractivity contribution >= 4 is 17.5 Å². The molecule has 0 aliphatic carbocycles. The molecule has 2 aromatic rings. The van der Waals surface area contributed by atoms with E-state index >= 15 is 0 Å². The molecule has 0 aliphatic heterocycles. The summed E-state index contributed by atoms with van der Waals surface area (Å²) in [4.78, 5) is 25.9. The van der Waals surface area contributed by atoms with Crippen LogP contribution in [0.3, 0.4) is 0 Å². The number of rotatable bonds is 4. The molecule has 0 atom stereocenters. The van der Waals surface area contributed by atoms with Gasteiger partial charge in [0, 0.05) is 12.6 Å². The molecule has 0 fully saturated rings. The van der Waals surface area contributed by atoms with E-state index in [1.54, 1.807) is 4.40 Å². The van der Waals surface area contributed by atoms with Gasteiger partial charge >= 0.3 is 11.9 Å². The SMILES string of the molecule is NCCc1nc(C(=O)O)c2cc(C(=O)O)ccn12. The van der Waals surface area contributed by atoms with Crippen LogP contribution in [0.5, 0.6) is 0 Å². The number of nitrogens with zero attached hydrogens (tertiary/aromatic N) is 2. The number of carbonyl (C=O) groups is 2. The lowest BCUT2D eigenvalue weighted by molar-refractivity contribution is 0.0682. The average molecular weight is 249 g/mol. The largest absolute Gasteiger partial charge is 0.478 e. The van der Waals surface area contributed by atoms with E-state index in [4.69, 9.17) is 15.9 Å². The third-order valence-corrected chi connectivity index (χ3v) is 2.53. The molecule has 2 aromatic heterocycles. The number of hydrogen-bond acceptors (Lipinski definition) is 4. The van der Waals surface area contributed by atoms with Gasteiger partial charge in [-0.1, -0.05) is 0 Å². The number of carboxylic acid groups (broad SMARTS) is 2. The minimum absolute atomic E-state index is 0.0178. The Labute approximate surface area is 101 Å². The van der Waals surface area contributed by atoms with Crippen LogP contribution in [0.25, 0.3) is 5.52 Å². The van der Waals surface area contributed by atoms with Crippen molar-refractivity contribution in [3.8, 4) is 0 Å². The number of carboxylic acids is 2. The van der Waals surface area contributed by atoms with Gasteiger partial charge in [0.15, 0.2) is 5.69 Å². The highest BCUT2D eigenvalue weighted by Crippen LogP contribution is 2.16. The van der Waals surface area contributed by atoms with Gasteiger partial charge in [-0.25, -0.2) is 14.6 Å². The Hall–Kier alpha value is -2.41. The molecule has 0 radical (unpaired) electrons. The molecule has 0 aromatic carbocycles. The third-order valence-electron chi connectivity index (χ3n) is 2.53. The van der Waals surface area contributed by atoms with E-state index in [9.17, 15) is 9.59 Å². The van der Waals surface area contributed by atoms with Gasteiger partial charge in [0.1, 0.15) is 5.82 Å². The standard InChI is InChI=1S/C11H11N3O4/c12-3-1-8-13-9(11(17)18)7-5-6(10(15)16)2-4-14(7)8/h2,4-5H,1,3,12H2,(H,15,16)(H,17,18). The van der Waals surface area contributed by atoms with E-state index in [1.165, 1.54) is 18.3 Å². The predicted octanol–water partition coefficient (Wildman–Crippen LogP) is 0.232. The lowest BCUT2D eigenvalue weighted by atomic mass is 10.2. The molecular formula is C11H11N3O4. The molecule has 0 spiro atoms. The van der Waals surface area contributed by atoms with E-state index in [0.29, 0.717) is 18.8 Å². The maximum absolute atomic E-state index is 11.1.